The molecule has 1 aromatic rings. The van der Waals surface area contributed by atoms with Gasteiger partial charge in [-0.3, -0.25) is 0 Å². The summed E-state index contributed by atoms with van der Waals surface area (Å²) in [4.78, 5) is 0. The van der Waals surface area contributed by atoms with Gasteiger partial charge in [-0.2, -0.15) is 0 Å². The van der Waals surface area contributed by atoms with Crippen molar-refractivity contribution in [2.45, 2.75) is 43.6 Å². The third kappa shape index (κ3) is 1.41. The van der Waals surface area contributed by atoms with E-state index in [2.05, 4.69) is 30.3 Å². The van der Waals surface area contributed by atoms with Gasteiger partial charge < -0.3 is 5.73 Å². The Bertz CT molecular complexity index is 426. The first-order valence-electron chi connectivity index (χ1n) is 7.08. The molecule has 0 amide bonds. The van der Waals surface area contributed by atoms with E-state index in [1.54, 1.807) is 0 Å². The molecule has 0 spiro atoms. The Morgan fingerprint density at radius 1 is 0.941 bits per heavy atom. The van der Waals surface area contributed by atoms with Crippen LogP contribution in [0, 0.1) is 17.8 Å². The van der Waals surface area contributed by atoms with Crippen LogP contribution in [0.5, 0.6) is 0 Å². The summed E-state index contributed by atoms with van der Waals surface area (Å²) < 4.78 is 0. The van der Waals surface area contributed by atoms with Crippen LogP contribution in [-0.2, 0) is 0 Å². The molecule has 0 radical (unpaired) electrons. The van der Waals surface area contributed by atoms with Crippen molar-refractivity contribution in [1.82, 2.24) is 0 Å². The molecule has 0 aromatic heterocycles. The number of benzene rings is 1. The summed E-state index contributed by atoms with van der Waals surface area (Å²) in [5, 5.41) is 0. The number of hydrogen-bond acceptors (Lipinski definition) is 1. The summed E-state index contributed by atoms with van der Waals surface area (Å²) >= 11 is 0. The molecule has 0 heterocycles. The van der Waals surface area contributed by atoms with Gasteiger partial charge in [-0.25, -0.2) is 0 Å². The molecule has 4 aliphatic carbocycles. The highest BCUT2D eigenvalue weighted by Gasteiger charge is 2.56. The number of nitrogens with two attached hydrogens (primary N) is 1. The van der Waals surface area contributed by atoms with Gasteiger partial charge in [-0.05, 0) is 61.3 Å². The molecule has 1 heteroatoms. The normalized spacial score (nSPS) is 47.4. The standard InChI is InChI=1S/C16H21N/c17-16-9-13(11-4-2-1-3-5-11)6-12-7-15(16)8-14(12)10-16/h1-5,12-15H,6-10,17H2. The lowest BCUT2D eigenvalue weighted by Crippen LogP contribution is -2.45. The van der Waals surface area contributed by atoms with Crippen LogP contribution in [0.2, 0.25) is 0 Å². The minimum absolute atomic E-state index is 0.179. The third-order valence-corrected chi connectivity index (χ3v) is 5.78. The van der Waals surface area contributed by atoms with Crippen LogP contribution in [0.1, 0.15) is 43.6 Å². The molecule has 5 rings (SSSR count). The molecule has 90 valence electrons. The molecular weight excluding hydrogens is 206 g/mol. The lowest BCUT2D eigenvalue weighted by molar-refractivity contribution is 0.243. The molecular formula is C16H21N. The van der Waals surface area contributed by atoms with Crippen LogP contribution in [0.3, 0.4) is 0 Å². The van der Waals surface area contributed by atoms with Gasteiger partial charge in [-0.15, -0.1) is 0 Å². The first-order chi connectivity index (χ1) is 8.24. The maximum Gasteiger partial charge on any atom is 0.0191 e. The zero-order valence-corrected chi connectivity index (χ0v) is 10.3. The van der Waals surface area contributed by atoms with E-state index in [0.717, 1.165) is 23.7 Å². The average molecular weight is 227 g/mol. The van der Waals surface area contributed by atoms with Crippen molar-refractivity contribution in [2.24, 2.45) is 23.5 Å². The van der Waals surface area contributed by atoms with Crippen LogP contribution < -0.4 is 5.73 Å². The van der Waals surface area contributed by atoms with E-state index in [1.165, 1.54) is 37.7 Å². The van der Waals surface area contributed by atoms with E-state index < -0.39 is 0 Å². The molecule has 1 aromatic carbocycles. The molecule has 4 fully saturated rings. The first kappa shape index (κ1) is 10.1. The van der Waals surface area contributed by atoms with Gasteiger partial charge in [0.2, 0.25) is 0 Å². The summed E-state index contributed by atoms with van der Waals surface area (Å²) in [7, 11) is 0. The van der Waals surface area contributed by atoms with Gasteiger partial charge in [0.15, 0.2) is 0 Å². The minimum atomic E-state index is 0.179. The Balaban J connectivity index is 1.69. The first-order valence-corrected chi connectivity index (χ1v) is 7.08. The van der Waals surface area contributed by atoms with Crippen LogP contribution in [0.4, 0.5) is 0 Å². The maximum absolute atomic E-state index is 6.71. The zero-order valence-electron chi connectivity index (χ0n) is 10.3. The summed E-state index contributed by atoms with van der Waals surface area (Å²) in [6, 6.07) is 11.1. The second kappa shape index (κ2) is 3.35. The van der Waals surface area contributed by atoms with E-state index in [-0.39, 0.29) is 5.54 Å². The lowest BCUT2D eigenvalue weighted by Gasteiger charge is -2.33. The van der Waals surface area contributed by atoms with Crippen molar-refractivity contribution in [3.63, 3.8) is 0 Å². The second-order valence-electron chi connectivity index (χ2n) is 6.67. The predicted octanol–water partition coefficient (Wildman–Crippen LogP) is 3.31. The summed E-state index contributed by atoms with van der Waals surface area (Å²) in [5.41, 5.74) is 8.41. The molecule has 17 heavy (non-hydrogen) atoms. The molecule has 4 saturated carbocycles. The van der Waals surface area contributed by atoms with Gasteiger partial charge >= 0.3 is 0 Å². The van der Waals surface area contributed by atoms with Crippen LogP contribution in [0.25, 0.3) is 0 Å². The van der Waals surface area contributed by atoms with Gasteiger partial charge in [0.05, 0.1) is 0 Å². The van der Waals surface area contributed by atoms with Crippen molar-refractivity contribution < 1.29 is 0 Å². The quantitative estimate of drug-likeness (QED) is 0.782. The SMILES string of the molecule is NC12CC(c3ccccc3)CC3CC1CC3C2. The second-order valence-corrected chi connectivity index (χ2v) is 6.67. The molecule has 4 bridgehead atoms. The van der Waals surface area contributed by atoms with E-state index in [1.807, 2.05) is 0 Å². The Morgan fingerprint density at radius 2 is 1.71 bits per heavy atom. The van der Waals surface area contributed by atoms with Gasteiger partial charge in [0.25, 0.3) is 0 Å². The van der Waals surface area contributed by atoms with Gasteiger partial charge in [-0.1, -0.05) is 30.3 Å². The highest BCUT2D eigenvalue weighted by atomic mass is 14.8. The molecule has 5 atom stereocenters. The van der Waals surface area contributed by atoms with Crippen molar-refractivity contribution in [3.8, 4) is 0 Å². The number of hydrogen-bond donors (Lipinski definition) is 1. The van der Waals surface area contributed by atoms with E-state index >= 15 is 0 Å². The summed E-state index contributed by atoms with van der Waals surface area (Å²) in [6.07, 6.45) is 6.79. The highest BCUT2D eigenvalue weighted by molar-refractivity contribution is 5.24. The molecule has 2 N–H and O–H groups in total. The Hall–Kier alpha value is -0.820. The Labute approximate surface area is 103 Å². The summed E-state index contributed by atoms with van der Waals surface area (Å²) in [5.74, 6) is 3.50. The smallest absolute Gasteiger partial charge is 0.0191 e. The maximum atomic E-state index is 6.71. The monoisotopic (exact) mass is 227 g/mol. The number of fused-ring (bicyclic) bond motifs is 2. The van der Waals surface area contributed by atoms with Crippen molar-refractivity contribution in [1.29, 1.82) is 0 Å². The topological polar surface area (TPSA) is 26.0 Å². The van der Waals surface area contributed by atoms with Crippen molar-refractivity contribution in [2.75, 3.05) is 0 Å². The van der Waals surface area contributed by atoms with Crippen molar-refractivity contribution in [3.05, 3.63) is 35.9 Å². The van der Waals surface area contributed by atoms with Crippen LogP contribution in [-0.4, -0.2) is 5.54 Å². The number of rotatable bonds is 1. The minimum Gasteiger partial charge on any atom is -0.325 e. The summed E-state index contributed by atoms with van der Waals surface area (Å²) in [6.45, 7) is 0. The highest BCUT2D eigenvalue weighted by Crippen LogP contribution is 2.60. The fourth-order valence-electron chi connectivity index (χ4n) is 5.01. The molecule has 5 unspecified atom stereocenters. The molecule has 0 saturated heterocycles. The Morgan fingerprint density at radius 3 is 2.41 bits per heavy atom. The van der Waals surface area contributed by atoms with E-state index in [4.69, 9.17) is 5.73 Å². The Kier molecular flexibility index (Phi) is 2.00. The van der Waals surface area contributed by atoms with Gasteiger partial charge in [0.1, 0.15) is 0 Å². The average Bonchev–Trinajstić information content (AvgIpc) is 2.77. The zero-order chi connectivity index (χ0) is 11.5. The molecule has 1 nitrogen and oxygen atoms in total. The molecule has 4 aliphatic rings. The fraction of sp³-hybridized carbons (Fsp3) is 0.625. The predicted molar refractivity (Wildman–Crippen MR) is 69.7 cm³/mol. The van der Waals surface area contributed by atoms with E-state index in [9.17, 15) is 0 Å². The van der Waals surface area contributed by atoms with Crippen LogP contribution >= 0.6 is 0 Å². The van der Waals surface area contributed by atoms with Gasteiger partial charge in [0, 0.05) is 5.54 Å². The van der Waals surface area contributed by atoms with Crippen LogP contribution in [0.15, 0.2) is 30.3 Å². The fourth-order valence-corrected chi connectivity index (χ4v) is 5.01. The van der Waals surface area contributed by atoms with Crippen molar-refractivity contribution >= 4 is 0 Å². The lowest BCUT2D eigenvalue weighted by atomic mass is 9.78. The largest absolute Gasteiger partial charge is 0.325 e. The molecule has 0 aliphatic heterocycles. The third-order valence-electron chi connectivity index (χ3n) is 5.78. The van der Waals surface area contributed by atoms with E-state index in [0.29, 0.717) is 0 Å².